The maximum Gasteiger partial charge on any atom is 0.331 e. The minimum absolute atomic E-state index is 0.253. The molecule has 0 bridgehead atoms. The number of aryl methyl sites for hydroxylation is 3. The smallest absolute Gasteiger partial charge is 0.331 e. The van der Waals surface area contributed by atoms with E-state index in [2.05, 4.69) is 10.1 Å². The van der Waals surface area contributed by atoms with Crippen molar-refractivity contribution in [2.45, 2.75) is 13.8 Å². The molecule has 0 aliphatic carbocycles. The number of carbonyl (C=O) groups is 2. The molecule has 0 saturated carbocycles. The van der Waals surface area contributed by atoms with Crippen LogP contribution >= 0.6 is 11.6 Å². The molecule has 0 spiro atoms. The van der Waals surface area contributed by atoms with Crippen LogP contribution in [0.15, 0.2) is 30.3 Å². The van der Waals surface area contributed by atoms with Crippen molar-refractivity contribution in [3.63, 3.8) is 0 Å². The number of ketones is 1. The van der Waals surface area contributed by atoms with Crippen molar-refractivity contribution in [1.82, 2.24) is 14.8 Å². The Kier molecular flexibility index (Phi) is 4.95. The van der Waals surface area contributed by atoms with Gasteiger partial charge in [-0.15, -0.1) is 0 Å². The summed E-state index contributed by atoms with van der Waals surface area (Å²) in [7, 11) is 1.72. The third kappa shape index (κ3) is 3.41. The molecule has 0 atom stereocenters. The van der Waals surface area contributed by atoms with Crippen LogP contribution in [0.4, 0.5) is 0 Å². The van der Waals surface area contributed by atoms with Crippen molar-refractivity contribution in [1.29, 1.82) is 0 Å². The van der Waals surface area contributed by atoms with E-state index in [0.29, 0.717) is 22.0 Å². The highest BCUT2D eigenvalue weighted by atomic mass is 35.5. The van der Waals surface area contributed by atoms with E-state index in [-0.39, 0.29) is 12.4 Å². The number of H-pyrrole nitrogens is 1. The third-order valence-electron chi connectivity index (χ3n) is 4.10. The summed E-state index contributed by atoms with van der Waals surface area (Å²) in [6, 6.07) is 7.51. The van der Waals surface area contributed by atoms with Crippen LogP contribution in [0.2, 0.25) is 5.15 Å². The van der Waals surface area contributed by atoms with Crippen LogP contribution < -0.4 is 0 Å². The van der Waals surface area contributed by atoms with Crippen LogP contribution in [0, 0.1) is 13.8 Å². The number of nitrogens with zero attached hydrogens (tertiary/aromatic N) is 2. The van der Waals surface area contributed by atoms with Crippen molar-refractivity contribution in [3.05, 3.63) is 58.0 Å². The van der Waals surface area contributed by atoms with E-state index in [9.17, 15) is 9.59 Å². The number of aromatic amines is 1. The molecule has 0 saturated heterocycles. The number of Topliss-reactive ketones (excluding diaryl/α,β-unsaturated/α-hetero) is 1. The lowest BCUT2D eigenvalue weighted by atomic mass is 10.1. The second kappa shape index (κ2) is 7.17. The SMILES string of the molecule is Cc1nn(C)c(Cl)c1/C=C/C(=O)OCC(=O)c1c(C)[nH]c2ccccc12. The summed E-state index contributed by atoms with van der Waals surface area (Å²) in [5.74, 6) is -0.868. The minimum atomic E-state index is -0.616. The predicted molar refractivity (Wildman–Crippen MR) is 100 cm³/mol. The molecule has 1 aromatic carbocycles. The van der Waals surface area contributed by atoms with Gasteiger partial charge >= 0.3 is 5.97 Å². The molecule has 0 amide bonds. The molecule has 2 heterocycles. The summed E-state index contributed by atoms with van der Waals surface area (Å²) in [4.78, 5) is 27.6. The number of rotatable bonds is 5. The van der Waals surface area contributed by atoms with Gasteiger partial charge in [-0.1, -0.05) is 29.8 Å². The van der Waals surface area contributed by atoms with Gasteiger partial charge in [0.25, 0.3) is 0 Å². The first-order chi connectivity index (χ1) is 12.4. The summed E-state index contributed by atoms with van der Waals surface area (Å²) >= 11 is 6.10. The maximum atomic E-state index is 12.5. The number of fused-ring (bicyclic) bond motifs is 1. The highest BCUT2D eigenvalue weighted by molar-refractivity contribution is 6.31. The number of halogens is 1. The van der Waals surface area contributed by atoms with Crippen LogP contribution in [-0.4, -0.2) is 33.1 Å². The number of ether oxygens (including phenoxy) is 1. The summed E-state index contributed by atoms with van der Waals surface area (Å²) in [6.07, 6.45) is 2.78. The molecule has 2 aromatic heterocycles. The molecule has 0 unspecified atom stereocenters. The van der Waals surface area contributed by atoms with Crippen LogP contribution in [0.3, 0.4) is 0 Å². The number of hydrogen-bond acceptors (Lipinski definition) is 4. The van der Waals surface area contributed by atoms with Crippen molar-refractivity contribution in [3.8, 4) is 0 Å². The van der Waals surface area contributed by atoms with Crippen LogP contribution in [0.5, 0.6) is 0 Å². The van der Waals surface area contributed by atoms with E-state index in [1.165, 1.54) is 16.8 Å². The number of hydrogen-bond donors (Lipinski definition) is 1. The standard InChI is InChI=1S/C19H18ClN3O3/c1-11-13(19(20)23(3)22-11)8-9-17(25)26-10-16(24)18-12(2)21-15-7-5-4-6-14(15)18/h4-9,21H,10H2,1-3H3/b9-8+. The Morgan fingerprint density at radius 3 is 2.73 bits per heavy atom. The van der Waals surface area contributed by atoms with Gasteiger partial charge in [-0.05, 0) is 26.0 Å². The van der Waals surface area contributed by atoms with Gasteiger partial charge in [-0.2, -0.15) is 5.10 Å². The Morgan fingerprint density at radius 1 is 1.31 bits per heavy atom. The second-order valence-corrected chi connectivity index (χ2v) is 6.31. The Labute approximate surface area is 155 Å². The first kappa shape index (κ1) is 17.9. The topological polar surface area (TPSA) is 77.0 Å². The van der Waals surface area contributed by atoms with Crippen molar-refractivity contribution in [2.75, 3.05) is 6.61 Å². The van der Waals surface area contributed by atoms with E-state index in [4.69, 9.17) is 16.3 Å². The van der Waals surface area contributed by atoms with Crippen molar-refractivity contribution >= 4 is 40.3 Å². The number of benzene rings is 1. The van der Waals surface area contributed by atoms with E-state index in [1.807, 2.05) is 31.2 Å². The van der Waals surface area contributed by atoms with Gasteiger partial charge in [0.15, 0.2) is 6.61 Å². The predicted octanol–water partition coefficient (Wildman–Crippen LogP) is 3.61. The van der Waals surface area contributed by atoms with Gasteiger partial charge in [0.05, 0.1) is 5.69 Å². The Bertz CT molecular complexity index is 1030. The Morgan fingerprint density at radius 2 is 2.04 bits per heavy atom. The van der Waals surface area contributed by atoms with Crippen LogP contribution in [-0.2, 0) is 16.6 Å². The zero-order valence-corrected chi connectivity index (χ0v) is 15.4. The van der Waals surface area contributed by atoms with E-state index in [1.54, 1.807) is 14.0 Å². The normalized spacial score (nSPS) is 11.4. The van der Waals surface area contributed by atoms with Gasteiger partial charge in [0.2, 0.25) is 5.78 Å². The highest BCUT2D eigenvalue weighted by Crippen LogP contribution is 2.22. The molecule has 6 nitrogen and oxygen atoms in total. The summed E-state index contributed by atoms with van der Waals surface area (Å²) in [6.45, 7) is 3.29. The third-order valence-corrected chi connectivity index (χ3v) is 4.55. The minimum Gasteiger partial charge on any atom is -0.454 e. The number of aromatic nitrogens is 3. The first-order valence-corrected chi connectivity index (χ1v) is 8.40. The average Bonchev–Trinajstić information content (AvgIpc) is 3.06. The summed E-state index contributed by atoms with van der Waals surface area (Å²) < 4.78 is 6.60. The zero-order chi connectivity index (χ0) is 18.8. The molecular weight excluding hydrogens is 354 g/mol. The molecule has 1 N–H and O–H groups in total. The Hall–Kier alpha value is -2.86. The summed E-state index contributed by atoms with van der Waals surface area (Å²) in [5.41, 5.74) is 3.52. The quantitative estimate of drug-likeness (QED) is 0.422. The molecule has 3 rings (SSSR count). The lowest BCUT2D eigenvalue weighted by Crippen LogP contribution is -2.13. The number of para-hydroxylation sites is 1. The largest absolute Gasteiger partial charge is 0.454 e. The van der Waals surface area contributed by atoms with E-state index in [0.717, 1.165) is 16.6 Å². The number of esters is 1. The fraction of sp³-hybridized carbons (Fsp3) is 0.211. The van der Waals surface area contributed by atoms with E-state index >= 15 is 0 Å². The van der Waals surface area contributed by atoms with Gasteiger partial charge in [-0.3, -0.25) is 9.48 Å². The molecule has 134 valence electrons. The van der Waals surface area contributed by atoms with Gasteiger partial charge < -0.3 is 9.72 Å². The lowest BCUT2D eigenvalue weighted by molar-refractivity contribution is -0.136. The van der Waals surface area contributed by atoms with Gasteiger partial charge in [0, 0.05) is 40.8 Å². The van der Waals surface area contributed by atoms with Gasteiger partial charge in [0.1, 0.15) is 5.15 Å². The highest BCUT2D eigenvalue weighted by Gasteiger charge is 2.17. The maximum absolute atomic E-state index is 12.5. The molecule has 0 radical (unpaired) electrons. The average molecular weight is 372 g/mol. The Balaban J connectivity index is 1.68. The molecule has 26 heavy (non-hydrogen) atoms. The van der Waals surface area contributed by atoms with Gasteiger partial charge in [-0.25, -0.2) is 4.79 Å². The fourth-order valence-electron chi connectivity index (χ4n) is 2.88. The monoisotopic (exact) mass is 371 g/mol. The lowest BCUT2D eigenvalue weighted by Gasteiger charge is -2.02. The number of carbonyl (C=O) groups excluding carboxylic acids is 2. The van der Waals surface area contributed by atoms with Crippen LogP contribution in [0.1, 0.15) is 27.3 Å². The fourth-order valence-corrected chi connectivity index (χ4v) is 3.12. The molecule has 0 aliphatic rings. The molecule has 3 aromatic rings. The number of nitrogens with one attached hydrogen (secondary N) is 1. The van der Waals surface area contributed by atoms with Crippen LogP contribution in [0.25, 0.3) is 17.0 Å². The van der Waals surface area contributed by atoms with Crippen molar-refractivity contribution in [2.24, 2.45) is 7.05 Å². The van der Waals surface area contributed by atoms with Crippen molar-refractivity contribution < 1.29 is 14.3 Å². The summed E-state index contributed by atoms with van der Waals surface area (Å²) in [5, 5.41) is 5.41. The molecule has 0 fully saturated rings. The molecule has 0 aliphatic heterocycles. The van der Waals surface area contributed by atoms with E-state index < -0.39 is 5.97 Å². The second-order valence-electron chi connectivity index (χ2n) is 5.95. The first-order valence-electron chi connectivity index (χ1n) is 8.03. The molecular formula is C19H18ClN3O3. The zero-order valence-electron chi connectivity index (χ0n) is 14.7. The molecule has 7 heteroatoms.